The molecule has 0 fully saturated rings. The summed E-state index contributed by atoms with van der Waals surface area (Å²) < 4.78 is 19.1. The first kappa shape index (κ1) is 110. The number of aliphatic hydroxyl groups is 3. The lowest BCUT2D eigenvalue weighted by Crippen LogP contribution is -2.46. The number of aliphatic hydroxyl groups excluding tert-OH is 3. The number of carbonyl (C=O) groups excluding carboxylic acids is 11. The predicted molar refractivity (Wildman–Crippen MR) is 562 cm³/mol. The van der Waals surface area contributed by atoms with E-state index in [4.69, 9.17) is 15.3 Å². The summed E-state index contributed by atoms with van der Waals surface area (Å²) >= 11 is 0. The number of carbonyl (C=O) groups is 11. The monoisotopic (exact) mass is 1990 g/mol. The van der Waals surface area contributed by atoms with E-state index in [1.54, 1.807) is 132 Å². The van der Waals surface area contributed by atoms with Crippen molar-refractivity contribution >= 4 is 82.0 Å². The number of halogens is 1. The van der Waals surface area contributed by atoms with Gasteiger partial charge in [-0.05, 0) is 202 Å². The average molecular weight is 1990 g/mol. The standard InChI is InChI=1S/C41H50N6O5.C38H44FN5O4.C35H46N6O5/c1-5-7-20-45(21-8-6-2)41(52)36-22-28(3)47(44-36)37-19-18-32(43-39(50)34(25-38(49)42-4)29-14-10-9-11-15-29)24-35(37)40(51)46-26-31-17-13-12-16-30(31)23-33(46)27-48;1-4-6-18-42(19-7-5-2)38(48)34-20-26(3)44(41-34)35-17-16-30(40-36(46)22-28-13-10-11-15-33(28)39)23-32(35)37(47)43-24-29-14-9-8-12-27(29)21-31(43)25-45;1-5-7-17-39(18-8-6-2)35(46)31-19-24(3)41(38-31)32-14-13-28(37-33(44)15-16-36-25(4)43)21-30(32)34(45)40-22-27-12-10-9-11-26(27)20-29(40)23-42/h9-19,22,24,33-34,48H,5-8,20-21,23,25-27H2,1-4H3,(H,42,49)(H,43,50);8-17,20,23,31,45H,4-7,18-19,21-22,24-25H2,1-3H3,(H,40,46);9-14,19,21,29,42H,5-8,15-18,20,22-23H2,1-4H3,(H,36,43)(H,37,44)/t33-,34?;31-;29-/m000/s1. The van der Waals surface area contributed by atoms with Gasteiger partial charge in [0, 0.05) is 126 Å². The van der Waals surface area contributed by atoms with Gasteiger partial charge in [-0.1, -0.05) is 201 Å². The van der Waals surface area contributed by atoms with Gasteiger partial charge >= 0.3 is 0 Å². The zero-order valence-corrected chi connectivity index (χ0v) is 85.9. The van der Waals surface area contributed by atoms with Crippen LogP contribution >= 0.6 is 0 Å². The van der Waals surface area contributed by atoms with Crippen molar-refractivity contribution < 1.29 is 72.4 Å². The van der Waals surface area contributed by atoms with Crippen molar-refractivity contribution in [2.75, 3.05) is 88.6 Å². The highest BCUT2D eigenvalue weighted by Gasteiger charge is 2.38. The van der Waals surface area contributed by atoms with Crippen LogP contribution in [0.25, 0.3) is 17.1 Å². The molecule has 8 aromatic carbocycles. The smallest absolute Gasteiger partial charge is 0.274 e. The maximum absolute atomic E-state index is 14.7. The summed E-state index contributed by atoms with van der Waals surface area (Å²) in [5.74, 6) is -4.38. The fraction of sp³-hybridized carbons (Fsp3) is 0.404. The SMILES string of the molecule is CCCCN(CCCC)C(=O)c1cc(C)n(-c2ccc(NC(=O)C(CC(=O)NC)c3ccccc3)cc2C(=O)N2Cc3ccccc3C[C@H]2CO)n1.CCCCN(CCCC)C(=O)c1cc(C)n(-c2ccc(NC(=O)CCNC(C)=O)cc2C(=O)N2Cc3ccccc3C[C@H]2CO)n1.CCCCN(CCCC)C(=O)c1cc(C)n(-c2ccc(NC(=O)Cc3ccccc3F)cc2C(=O)N2Cc3ccccc3C[C@H]2CO)n1. The second-order valence-corrected chi connectivity index (χ2v) is 37.6. The highest BCUT2D eigenvalue weighted by atomic mass is 19.1. The van der Waals surface area contributed by atoms with Gasteiger partial charge in [0.1, 0.15) is 5.82 Å². The van der Waals surface area contributed by atoms with Crippen molar-refractivity contribution in [3.05, 3.63) is 301 Å². The molecule has 4 atom stereocenters. The molecule has 8 N–H and O–H groups in total. The molecule has 14 rings (SSSR count). The van der Waals surface area contributed by atoms with Crippen LogP contribution in [0.15, 0.2) is 200 Å². The lowest BCUT2D eigenvalue weighted by molar-refractivity contribution is -0.125. The minimum absolute atomic E-state index is 0.0571. The van der Waals surface area contributed by atoms with E-state index < -0.39 is 41.7 Å². The number of fused-ring (bicyclic) bond motifs is 3. The number of benzene rings is 8. The maximum Gasteiger partial charge on any atom is 0.274 e. The summed E-state index contributed by atoms with van der Waals surface area (Å²) in [4.78, 5) is 158. The van der Waals surface area contributed by atoms with Gasteiger partial charge < -0.3 is 71.3 Å². The van der Waals surface area contributed by atoms with Gasteiger partial charge in [-0.3, -0.25) is 52.7 Å². The lowest BCUT2D eigenvalue weighted by atomic mass is 9.93. The molecule has 6 heterocycles. The van der Waals surface area contributed by atoms with E-state index >= 15 is 0 Å². The first-order chi connectivity index (χ1) is 70.6. The third-order valence-corrected chi connectivity index (χ3v) is 26.8. The van der Waals surface area contributed by atoms with Gasteiger partial charge in [-0.15, -0.1) is 0 Å². The van der Waals surface area contributed by atoms with Gasteiger partial charge in [0.15, 0.2) is 17.1 Å². The third kappa shape index (κ3) is 28.3. The number of rotatable bonds is 42. The molecular formula is C114H140FN17O14. The van der Waals surface area contributed by atoms with Crippen LogP contribution in [0.5, 0.6) is 0 Å². The Morgan fingerprint density at radius 1 is 0.397 bits per heavy atom. The zero-order valence-electron chi connectivity index (χ0n) is 85.9. The number of anilines is 3. The Bertz CT molecular complexity index is 6370. The summed E-state index contributed by atoms with van der Waals surface area (Å²) in [6.45, 7) is 23.8. The molecule has 11 amide bonds. The molecule has 3 aromatic heterocycles. The van der Waals surface area contributed by atoms with Crippen LogP contribution in [0, 0.1) is 26.6 Å². The van der Waals surface area contributed by atoms with Gasteiger partial charge in [0.25, 0.3) is 35.4 Å². The van der Waals surface area contributed by atoms with E-state index in [9.17, 15) is 72.4 Å². The quantitative estimate of drug-likeness (QED) is 0.0176. The number of unbranched alkanes of at least 4 members (excludes halogenated alkanes) is 6. The van der Waals surface area contributed by atoms with E-state index in [2.05, 4.69) is 68.1 Å². The molecule has 146 heavy (non-hydrogen) atoms. The Morgan fingerprint density at radius 3 is 1.05 bits per heavy atom. The van der Waals surface area contributed by atoms with Crippen molar-refractivity contribution in [1.29, 1.82) is 0 Å². The van der Waals surface area contributed by atoms with Crippen molar-refractivity contribution in [1.82, 2.24) is 69.4 Å². The molecule has 0 radical (unpaired) electrons. The fourth-order valence-corrected chi connectivity index (χ4v) is 18.5. The van der Waals surface area contributed by atoms with Crippen LogP contribution in [-0.2, 0) is 69.3 Å². The number of hydrogen-bond donors (Lipinski definition) is 8. The topological polar surface area (TPSA) is 382 Å². The summed E-state index contributed by atoms with van der Waals surface area (Å²) in [6.07, 6.45) is 12.5. The van der Waals surface area contributed by atoms with Crippen LogP contribution < -0.4 is 26.6 Å². The van der Waals surface area contributed by atoms with Crippen LogP contribution in [0.4, 0.5) is 21.5 Å². The van der Waals surface area contributed by atoms with Gasteiger partial charge in [-0.25, -0.2) is 18.4 Å². The highest BCUT2D eigenvalue weighted by molar-refractivity contribution is 6.05. The summed E-state index contributed by atoms with van der Waals surface area (Å²) in [5.41, 5.74) is 13.3. The Kier molecular flexibility index (Phi) is 40.6. The van der Waals surface area contributed by atoms with E-state index in [-0.39, 0.29) is 121 Å². The number of nitrogens with one attached hydrogen (secondary N) is 5. The van der Waals surface area contributed by atoms with Crippen LogP contribution in [0.1, 0.15) is 268 Å². The molecule has 11 aromatic rings. The number of hydrogen-bond acceptors (Lipinski definition) is 17. The second kappa shape index (κ2) is 53.8. The molecule has 0 saturated heterocycles. The van der Waals surface area contributed by atoms with Gasteiger partial charge in [0.05, 0.1) is 84.0 Å². The number of amides is 11. The minimum Gasteiger partial charge on any atom is -0.394 e. The Morgan fingerprint density at radius 2 is 0.719 bits per heavy atom. The molecule has 772 valence electrons. The van der Waals surface area contributed by atoms with E-state index in [1.165, 1.54) is 20.0 Å². The molecule has 31 nitrogen and oxygen atoms in total. The average Bonchev–Trinajstić information content (AvgIpc) is 1.55. The first-order valence-corrected chi connectivity index (χ1v) is 51.2. The van der Waals surface area contributed by atoms with Crippen molar-refractivity contribution in [2.24, 2.45) is 0 Å². The molecule has 0 saturated carbocycles. The zero-order chi connectivity index (χ0) is 105. The van der Waals surface area contributed by atoms with Crippen LogP contribution in [0.2, 0.25) is 0 Å². The predicted octanol–water partition coefficient (Wildman–Crippen LogP) is 16.0. The van der Waals surface area contributed by atoms with Crippen molar-refractivity contribution in [3.8, 4) is 17.1 Å². The molecule has 3 aliphatic heterocycles. The third-order valence-electron chi connectivity index (χ3n) is 26.8. The van der Waals surface area contributed by atoms with E-state index in [0.717, 1.165) is 110 Å². The fourth-order valence-electron chi connectivity index (χ4n) is 18.5. The Balaban J connectivity index is 0.000000195. The largest absolute Gasteiger partial charge is 0.394 e. The number of nitrogens with zero attached hydrogens (tertiary/aromatic N) is 12. The Hall–Kier alpha value is -14.6. The minimum atomic E-state index is -0.775. The molecule has 0 spiro atoms. The number of aromatic nitrogens is 6. The molecule has 1 unspecified atom stereocenters. The van der Waals surface area contributed by atoms with Crippen molar-refractivity contribution in [2.45, 2.75) is 228 Å². The summed E-state index contributed by atoms with van der Waals surface area (Å²) in [7, 11) is 1.53. The second-order valence-electron chi connectivity index (χ2n) is 37.6. The van der Waals surface area contributed by atoms with Gasteiger partial charge in [0.2, 0.25) is 29.5 Å². The first-order valence-electron chi connectivity index (χ1n) is 51.2. The molecule has 0 bridgehead atoms. The maximum atomic E-state index is 14.7. The van der Waals surface area contributed by atoms with E-state index in [1.807, 2.05) is 126 Å². The normalized spacial score (nSPS) is 14.1. The molecule has 3 aliphatic rings. The molecular weight excluding hydrogens is 1850 g/mol. The highest BCUT2D eigenvalue weighted by Crippen LogP contribution is 2.36. The van der Waals surface area contributed by atoms with Crippen LogP contribution in [0.3, 0.4) is 0 Å². The lowest BCUT2D eigenvalue weighted by Gasteiger charge is -2.36. The summed E-state index contributed by atoms with van der Waals surface area (Å²) in [5, 5.41) is 59.1. The van der Waals surface area contributed by atoms with Crippen molar-refractivity contribution in [3.63, 3.8) is 0 Å². The molecule has 32 heteroatoms. The Labute approximate surface area is 854 Å². The molecule has 0 aliphatic carbocycles. The van der Waals surface area contributed by atoms with Crippen LogP contribution in [-0.4, -0.2) is 230 Å². The number of aryl methyl sites for hydroxylation is 3. The van der Waals surface area contributed by atoms with Gasteiger partial charge in [-0.2, -0.15) is 15.3 Å². The summed E-state index contributed by atoms with van der Waals surface area (Å²) in [6, 6.07) is 57.6. The van der Waals surface area contributed by atoms with E-state index in [0.29, 0.717) is 152 Å².